The van der Waals surface area contributed by atoms with Crippen LogP contribution in [0.3, 0.4) is 0 Å². The van der Waals surface area contributed by atoms with Crippen LogP contribution in [0.2, 0.25) is 0 Å². The molecule has 2 N–H and O–H groups in total. The van der Waals surface area contributed by atoms with Gasteiger partial charge in [0.25, 0.3) is 0 Å². The first-order chi connectivity index (χ1) is 7.59. The fraction of sp³-hybridized carbons (Fsp3) is 0.917. The maximum Gasteiger partial charge on any atom is 0.236 e. The summed E-state index contributed by atoms with van der Waals surface area (Å²) in [6, 6.07) is 0. The first-order valence-electron chi connectivity index (χ1n) is 6.18. The topological polar surface area (TPSA) is 52.6 Å². The molecule has 1 unspecified atom stereocenters. The molecular weight excluding hydrogens is 204 g/mol. The van der Waals surface area contributed by atoms with Crippen LogP contribution in [0.5, 0.6) is 0 Å². The van der Waals surface area contributed by atoms with Crippen molar-refractivity contribution in [1.29, 1.82) is 0 Å². The van der Waals surface area contributed by atoms with E-state index in [4.69, 9.17) is 0 Å². The molecule has 1 rings (SSSR count). The highest BCUT2D eigenvalue weighted by atomic mass is 16.3. The van der Waals surface area contributed by atoms with Gasteiger partial charge in [-0.05, 0) is 12.3 Å². The molecule has 1 atom stereocenters. The Morgan fingerprint density at radius 1 is 1.44 bits per heavy atom. The second kappa shape index (κ2) is 6.86. The van der Waals surface area contributed by atoms with Crippen molar-refractivity contribution >= 4 is 5.91 Å². The lowest BCUT2D eigenvalue weighted by molar-refractivity contribution is -0.127. The SMILES string of the molecule is CN(C)C(=O)CNCC(O)CC1CCCC1. The van der Waals surface area contributed by atoms with Crippen LogP contribution in [-0.2, 0) is 4.79 Å². The van der Waals surface area contributed by atoms with E-state index < -0.39 is 0 Å². The third kappa shape index (κ3) is 4.94. The average molecular weight is 228 g/mol. The van der Waals surface area contributed by atoms with Gasteiger partial charge in [-0.15, -0.1) is 0 Å². The molecule has 0 bridgehead atoms. The highest BCUT2D eigenvalue weighted by molar-refractivity contribution is 5.77. The van der Waals surface area contributed by atoms with Crippen molar-refractivity contribution in [2.75, 3.05) is 27.2 Å². The van der Waals surface area contributed by atoms with E-state index >= 15 is 0 Å². The predicted molar refractivity (Wildman–Crippen MR) is 64.1 cm³/mol. The summed E-state index contributed by atoms with van der Waals surface area (Å²) in [6.07, 6.45) is 5.70. The van der Waals surface area contributed by atoms with Crippen LogP contribution in [0.25, 0.3) is 0 Å². The van der Waals surface area contributed by atoms with Crippen molar-refractivity contribution in [2.24, 2.45) is 5.92 Å². The molecule has 0 spiro atoms. The molecule has 1 fully saturated rings. The maximum absolute atomic E-state index is 11.3. The number of hydrogen-bond acceptors (Lipinski definition) is 3. The number of aliphatic hydroxyl groups excluding tert-OH is 1. The summed E-state index contributed by atoms with van der Waals surface area (Å²) in [5.41, 5.74) is 0. The zero-order valence-corrected chi connectivity index (χ0v) is 10.4. The summed E-state index contributed by atoms with van der Waals surface area (Å²) >= 11 is 0. The Morgan fingerprint density at radius 3 is 2.62 bits per heavy atom. The van der Waals surface area contributed by atoms with E-state index in [-0.39, 0.29) is 12.0 Å². The van der Waals surface area contributed by atoms with Crippen molar-refractivity contribution in [2.45, 2.75) is 38.2 Å². The highest BCUT2D eigenvalue weighted by Crippen LogP contribution is 2.28. The molecule has 4 nitrogen and oxygen atoms in total. The van der Waals surface area contributed by atoms with Gasteiger partial charge in [0.05, 0.1) is 12.6 Å². The number of aliphatic hydroxyl groups is 1. The van der Waals surface area contributed by atoms with E-state index in [1.54, 1.807) is 19.0 Å². The smallest absolute Gasteiger partial charge is 0.236 e. The van der Waals surface area contributed by atoms with Crippen LogP contribution in [0.4, 0.5) is 0 Å². The van der Waals surface area contributed by atoms with Crippen LogP contribution in [0.1, 0.15) is 32.1 Å². The lowest BCUT2D eigenvalue weighted by Crippen LogP contribution is -2.37. The van der Waals surface area contributed by atoms with Gasteiger partial charge in [0, 0.05) is 20.6 Å². The summed E-state index contributed by atoms with van der Waals surface area (Å²) < 4.78 is 0. The van der Waals surface area contributed by atoms with Gasteiger partial charge < -0.3 is 15.3 Å². The van der Waals surface area contributed by atoms with Crippen molar-refractivity contribution in [3.05, 3.63) is 0 Å². The van der Waals surface area contributed by atoms with Crippen molar-refractivity contribution in [3.8, 4) is 0 Å². The molecule has 4 heteroatoms. The Balaban J connectivity index is 2.05. The molecule has 0 aromatic carbocycles. The maximum atomic E-state index is 11.3. The monoisotopic (exact) mass is 228 g/mol. The van der Waals surface area contributed by atoms with E-state index in [0.29, 0.717) is 19.0 Å². The molecule has 0 aliphatic heterocycles. The third-order valence-corrected chi connectivity index (χ3v) is 3.24. The number of nitrogens with one attached hydrogen (secondary N) is 1. The Morgan fingerprint density at radius 2 is 2.06 bits per heavy atom. The number of likely N-dealkylation sites (N-methyl/N-ethyl adjacent to an activating group) is 1. The van der Waals surface area contributed by atoms with E-state index in [9.17, 15) is 9.90 Å². The van der Waals surface area contributed by atoms with Crippen LogP contribution < -0.4 is 5.32 Å². The molecule has 16 heavy (non-hydrogen) atoms. The predicted octanol–water partition coefficient (Wildman–Crippen LogP) is 0.605. The van der Waals surface area contributed by atoms with Gasteiger partial charge in [0.1, 0.15) is 0 Å². The van der Waals surface area contributed by atoms with Gasteiger partial charge in [-0.1, -0.05) is 25.7 Å². The van der Waals surface area contributed by atoms with E-state index in [2.05, 4.69) is 5.32 Å². The van der Waals surface area contributed by atoms with Crippen molar-refractivity contribution in [1.82, 2.24) is 10.2 Å². The number of carbonyl (C=O) groups is 1. The minimum absolute atomic E-state index is 0.0491. The van der Waals surface area contributed by atoms with Crippen LogP contribution in [-0.4, -0.2) is 49.2 Å². The Kier molecular flexibility index (Phi) is 5.77. The molecule has 1 amide bonds. The largest absolute Gasteiger partial charge is 0.392 e. The number of nitrogens with zero attached hydrogens (tertiary/aromatic N) is 1. The summed E-state index contributed by atoms with van der Waals surface area (Å²) in [5, 5.41) is 12.8. The van der Waals surface area contributed by atoms with E-state index in [1.165, 1.54) is 25.7 Å². The van der Waals surface area contributed by atoms with Gasteiger partial charge in [-0.2, -0.15) is 0 Å². The highest BCUT2D eigenvalue weighted by Gasteiger charge is 2.18. The molecule has 1 aliphatic carbocycles. The second-order valence-electron chi connectivity index (χ2n) is 4.96. The fourth-order valence-corrected chi connectivity index (χ4v) is 2.22. The van der Waals surface area contributed by atoms with Gasteiger partial charge in [0.2, 0.25) is 5.91 Å². The first kappa shape index (κ1) is 13.5. The molecular formula is C12H24N2O2. The molecule has 94 valence electrons. The minimum Gasteiger partial charge on any atom is -0.392 e. The first-order valence-corrected chi connectivity index (χ1v) is 6.18. The number of amides is 1. The average Bonchev–Trinajstić information content (AvgIpc) is 2.70. The number of rotatable bonds is 6. The van der Waals surface area contributed by atoms with Gasteiger partial charge in [-0.25, -0.2) is 0 Å². The third-order valence-electron chi connectivity index (χ3n) is 3.24. The van der Waals surface area contributed by atoms with Gasteiger partial charge in [-0.3, -0.25) is 4.79 Å². The number of carbonyl (C=O) groups excluding carboxylic acids is 1. The summed E-state index contributed by atoms with van der Waals surface area (Å²) in [7, 11) is 3.47. The second-order valence-corrected chi connectivity index (χ2v) is 4.96. The lowest BCUT2D eigenvalue weighted by atomic mass is 10.0. The molecule has 1 saturated carbocycles. The minimum atomic E-state index is -0.307. The molecule has 0 radical (unpaired) electrons. The van der Waals surface area contributed by atoms with Crippen LogP contribution in [0.15, 0.2) is 0 Å². The zero-order chi connectivity index (χ0) is 12.0. The summed E-state index contributed by atoms with van der Waals surface area (Å²) in [4.78, 5) is 12.8. The van der Waals surface area contributed by atoms with E-state index in [1.807, 2.05) is 0 Å². The molecule has 1 aliphatic rings. The molecule has 0 saturated heterocycles. The van der Waals surface area contributed by atoms with E-state index in [0.717, 1.165) is 6.42 Å². The normalized spacial score (nSPS) is 18.7. The Bertz CT molecular complexity index is 213. The Hall–Kier alpha value is -0.610. The van der Waals surface area contributed by atoms with Crippen molar-refractivity contribution in [3.63, 3.8) is 0 Å². The zero-order valence-electron chi connectivity index (χ0n) is 10.4. The fourth-order valence-electron chi connectivity index (χ4n) is 2.22. The molecule has 0 aromatic heterocycles. The van der Waals surface area contributed by atoms with Gasteiger partial charge >= 0.3 is 0 Å². The Labute approximate surface area is 98.0 Å². The molecule has 0 heterocycles. The standard InChI is InChI=1S/C12H24N2O2/c1-14(2)12(16)9-13-8-11(15)7-10-5-3-4-6-10/h10-11,13,15H,3-9H2,1-2H3. The van der Waals surface area contributed by atoms with Crippen LogP contribution in [0, 0.1) is 5.92 Å². The van der Waals surface area contributed by atoms with Gasteiger partial charge in [0.15, 0.2) is 0 Å². The lowest BCUT2D eigenvalue weighted by Gasteiger charge is -2.16. The van der Waals surface area contributed by atoms with Crippen molar-refractivity contribution < 1.29 is 9.90 Å². The summed E-state index contributed by atoms with van der Waals surface area (Å²) in [5.74, 6) is 0.745. The number of hydrogen-bond donors (Lipinski definition) is 2. The molecule has 0 aromatic rings. The van der Waals surface area contributed by atoms with Crippen LogP contribution >= 0.6 is 0 Å². The quantitative estimate of drug-likeness (QED) is 0.700. The summed E-state index contributed by atoms with van der Waals surface area (Å²) in [6.45, 7) is 0.838.